The molecule has 0 amide bonds. The molecule has 1 rings (SSSR count). The zero-order valence-corrected chi connectivity index (χ0v) is 25.4. The van der Waals surface area contributed by atoms with Gasteiger partial charge in [-0.05, 0) is 37.3 Å². The van der Waals surface area contributed by atoms with Gasteiger partial charge < -0.3 is 24.4 Å². The second kappa shape index (κ2) is 23.5. The van der Waals surface area contributed by atoms with E-state index in [4.69, 9.17) is 38.6 Å². The standard InChI is InChI=1S/C30H56O5S2/c1-3-5-7-9-11-13-15-17-19-21-27(36)33-23-25(31)30-29(32)26(24-34-30)35-28(37)22-20-18-16-14-12-10-8-6-4-2/h25-26,29-32H,3-24H2,1-2H3/t25-,26+,29-,30-/m1/s1. The maximum Gasteiger partial charge on any atom is 0.160 e. The maximum atomic E-state index is 10.6. The average Bonchev–Trinajstić information content (AvgIpc) is 3.25. The van der Waals surface area contributed by atoms with Crippen molar-refractivity contribution in [3.05, 3.63) is 0 Å². The van der Waals surface area contributed by atoms with Crippen molar-refractivity contribution in [3.8, 4) is 0 Å². The molecule has 1 aliphatic heterocycles. The molecule has 0 saturated carbocycles. The molecule has 0 aromatic carbocycles. The molecule has 4 atom stereocenters. The Kier molecular flexibility index (Phi) is 22.1. The van der Waals surface area contributed by atoms with Crippen molar-refractivity contribution in [1.82, 2.24) is 0 Å². The molecule has 0 aromatic rings. The van der Waals surface area contributed by atoms with Gasteiger partial charge in [0, 0.05) is 12.8 Å². The molecule has 0 aromatic heterocycles. The first-order valence-electron chi connectivity index (χ1n) is 15.3. The van der Waals surface area contributed by atoms with Crippen LogP contribution in [0.25, 0.3) is 0 Å². The lowest BCUT2D eigenvalue weighted by molar-refractivity contribution is -0.0657. The highest BCUT2D eigenvalue weighted by Gasteiger charge is 2.42. The van der Waals surface area contributed by atoms with Crippen LogP contribution in [0.1, 0.15) is 142 Å². The zero-order valence-electron chi connectivity index (χ0n) is 23.8. The van der Waals surface area contributed by atoms with Crippen LogP contribution >= 0.6 is 24.4 Å². The first kappa shape index (κ1) is 34.7. The van der Waals surface area contributed by atoms with Crippen molar-refractivity contribution in [3.63, 3.8) is 0 Å². The van der Waals surface area contributed by atoms with Crippen LogP contribution in [0.15, 0.2) is 0 Å². The van der Waals surface area contributed by atoms with Crippen molar-refractivity contribution >= 4 is 34.5 Å². The van der Waals surface area contributed by atoms with Crippen molar-refractivity contribution < 1.29 is 24.4 Å². The van der Waals surface area contributed by atoms with Crippen LogP contribution in [0.5, 0.6) is 0 Å². The molecule has 0 unspecified atom stereocenters. The van der Waals surface area contributed by atoms with Crippen molar-refractivity contribution in [2.75, 3.05) is 13.2 Å². The van der Waals surface area contributed by atoms with Gasteiger partial charge in [-0.25, -0.2) is 0 Å². The van der Waals surface area contributed by atoms with E-state index in [1.807, 2.05) is 0 Å². The largest absolute Gasteiger partial charge is 0.484 e. The first-order valence-corrected chi connectivity index (χ1v) is 16.1. The second-order valence-corrected chi connectivity index (χ2v) is 11.6. The van der Waals surface area contributed by atoms with Gasteiger partial charge in [-0.1, -0.05) is 117 Å². The van der Waals surface area contributed by atoms with Crippen molar-refractivity contribution in [1.29, 1.82) is 0 Å². The van der Waals surface area contributed by atoms with Gasteiger partial charge in [-0.2, -0.15) is 0 Å². The highest BCUT2D eigenvalue weighted by atomic mass is 32.1. The lowest BCUT2D eigenvalue weighted by Crippen LogP contribution is -2.42. The van der Waals surface area contributed by atoms with Gasteiger partial charge >= 0.3 is 0 Å². The third-order valence-electron chi connectivity index (χ3n) is 7.22. The predicted molar refractivity (Wildman–Crippen MR) is 161 cm³/mol. The van der Waals surface area contributed by atoms with Crippen LogP contribution in [-0.2, 0) is 14.2 Å². The monoisotopic (exact) mass is 560 g/mol. The Morgan fingerprint density at radius 1 is 0.730 bits per heavy atom. The molecule has 1 heterocycles. The maximum absolute atomic E-state index is 10.6. The van der Waals surface area contributed by atoms with E-state index in [1.54, 1.807) is 0 Å². The Bertz CT molecular complexity index is 574. The van der Waals surface area contributed by atoms with E-state index in [2.05, 4.69) is 13.8 Å². The molecular formula is C30H56O5S2. The zero-order chi connectivity index (χ0) is 27.1. The van der Waals surface area contributed by atoms with Gasteiger partial charge in [0.05, 0.1) is 6.61 Å². The molecule has 2 N–H and O–H groups in total. The fraction of sp³-hybridized carbons (Fsp3) is 0.933. The predicted octanol–water partition coefficient (Wildman–Crippen LogP) is 8.01. The SMILES string of the molecule is CCCCCCCCCCCC(=S)OC[C@@H](O)[C@H]1OC[C@H](OC(=S)CCCCCCCCCCC)[C@H]1O. The summed E-state index contributed by atoms with van der Waals surface area (Å²) in [5.41, 5.74) is 0. The molecule has 7 heteroatoms. The molecule has 0 bridgehead atoms. The van der Waals surface area contributed by atoms with Crippen LogP contribution < -0.4 is 0 Å². The quantitative estimate of drug-likeness (QED) is 0.0915. The summed E-state index contributed by atoms with van der Waals surface area (Å²) in [5.74, 6) is 0. The summed E-state index contributed by atoms with van der Waals surface area (Å²) < 4.78 is 17.0. The number of aliphatic hydroxyl groups excluding tert-OH is 2. The van der Waals surface area contributed by atoms with E-state index in [1.165, 1.54) is 89.9 Å². The van der Waals surface area contributed by atoms with Gasteiger partial charge in [0.25, 0.3) is 0 Å². The summed E-state index contributed by atoms with van der Waals surface area (Å²) in [7, 11) is 0. The molecule has 5 nitrogen and oxygen atoms in total. The van der Waals surface area contributed by atoms with Crippen molar-refractivity contribution in [2.24, 2.45) is 0 Å². The summed E-state index contributed by atoms with van der Waals surface area (Å²) in [5, 5.41) is 22.1. The highest BCUT2D eigenvalue weighted by Crippen LogP contribution is 2.22. The molecule has 0 aliphatic carbocycles. The van der Waals surface area contributed by atoms with Crippen LogP contribution in [-0.4, -0.2) is 57.9 Å². The smallest absolute Gasteiger partial charge is 0.160 e. The number of thiocarbonyl (C=S) groups is 2. The number of hydrogen-bond acceptors (Lipinski definition) is 7. The summed E-state index contributed by atoms with van der Waals surface area (Å²) in [6.07, 6.45) is 21.0. The van der Waals surface area contributed by atoms with Gasteiger partial charge in [-0.3, -0.25) is 0 Å². The van der Waals surface area contributed by atoms with Crippen LogP contribution in [0.3, 0.4) is 0 Å². The lowest BCUT2D eigenvalue weighted by atomic mass is 10.1. The van der Waals surface area contributed by atoms with Gasteiger partial charge in [0.15, 0.2) is 16.2 Å². The van der Waals surface area contributed by atoms with E-state index in [0.29, 0.717) is 10.1 Å². The molecule has 1 saturated heterocycles. The highest BCUT2D eigenvalue weighted by molar-refractivity contribution is 7.80. The van der Waals surface area contributed by atoms with Crippen LogP contribution in [0.2, 0.25) is 0 Å². The van der Waals surface area contributed by atoms with Gasteiger partial charge in [-0.15, -0.1) is 0 Å². The molecule has 0 radical (unpaired) electrons. The van der Waals surface area contributed by atoms with E-state index in [9.17, 15) is 10.2 Å². The molecule has 218 valence electrons. The lowest BCUT2D eigenvalue weighted by Gasteiger charge is -2.23. The number of ether oxygens (including phenoxy) is 3. The molecule has 1 aliphatic rings. The summed E-state index contributed by atoms with van der Waals surface area (Å²) in [4.78, 5) is 0. The third-order valence-corrected chi connectivity index (χ3v) is 7.84. The molecule has 0 spiro atoms. The first-order chi connectivity index (χ1) is 18.0. The summed E-state index contributed by atoms with van der Waals surface area (Å²) >= 11 is 10.7. The average molecular weight is 561 g/mol. The van der Waals surface area contributed by atoms with E-state index in [0.717, 1.165) is 38.5 Å². The van der Waals surface area contributed by atoms with Gasteiger partial charge in [0.2, 0.25) is 0 Å². The normalized spacial score (nSPS) is 20.2. The summed E-state index contributed by atoms with van der Waals surface area (Å²) in [6, 6.07) is 0. The molecule has 37 heavy (non-hydrogen) atoms. The number of unbranched alkanes of at least 4 members (excludes halogenated alkanes) is 16. The minimum Gasteiger partial charge on any atom is -0.484 e. The minimum absolute atomic E-state index is 0.0214. The Labute approximate surface area is 238 Å². The molecule has 1 fully saturated rings. The number of hydrogen-bond donors (Lipinski definition) is 2. The van der Waals surface area contributed by atoms with Crippen LogP contribution in [0, 0.1) is 0 Å². The Morgan fingerprint density at radius 2 is 1.16 bits per heavy atom. The number of aliphatic hydroxyl groups is 2. The third kappa shape index (κ3) is 17.8. The summed E-state index contributed by atoms with van der Waals surface area (Å²) in [6.45, 7) is 4.72. The second-order valence-electron chi connectivity index (χ2n) is 10.7. The van der Waals surface area contributed by atoms with Gasteiger partial charge in [0.1, 0.15) is 24.9 Å². The Morgan fingerprint density at radius 3 is 1.65 bits per heavy atom. The molecular weight excluding hydrogens is 504 g/mol. The van der Waals surface area contributed by atoms with E-state index in [-0.39, 0.29) is 13.2 Å². The Balaban J connectivity index is 2.08. The van der Waals surface area contributed by atoms with Crippen molar-refractivity contribution in [2.45, 2.75) is 167 Å². The van der Waals surface area contributed by atoms with E-state index < -0.39 is 24.4 Å². The fourth-order valence-corrected chi connectivity index (χ4v) is 5.27. The Hall–Kier alpha value is -0.340. The topological polar surface area (TPSA) is 68.2 Å². The van der Waals surface area contributed by atoms with E-state index >= 15 is 0 Å². The minimum atomic E-state index is -0.962. The fourth-order valence-electron chi connectivity index (χ4n) is 4.79. The number of rotatable bonds is 24. The van der Waals surface area contributed by atoms with Crippen LogP contribution in [0.4, 0.5) is 0 Å².